The molecule has 1 N–H and O–H groups in total. The van der Waals surface area contributed by atoms with Crippen LogP contribution in [-0.4, -0.2) is 26.4 Å². The summed E-state index contributed by atoms with van der Waals surface area (Å²) in [6, 6.07) is 12.0. The van der Waals surface area contributed by atoms with Gasteiger partial charge in [-0.15, -0.1) is 10.2 Å². The lowest BCUT2D eigenvalue weighted by atomic mass is 10.1. The number of nitrogens with zero attached hydrogens (tertiary/aromatic N) is 3. The van der Waals surface area contributed by atoms with E-state index in [2.05, 4.69) is 66.2 Å². The number of benzene rings is 2. The lowest BCUT2D eigenvalue weighted by molar-refractivity contribution is -0.113. The molecule has 2 aromatic carbocycles. The molecule has 1 aromatic heterocycles. The van der Waals surface area contributed by atoms with Gasteiger partial charge in [-0.05, 0) is 71.8 Å². The first kappa shape index (κ1) is 20.3. The highest BCUT2D eigenvalue weighted by Gasteiger charge is 2.14. The van der Waals surface area contributed by atoms with Crippen LogP contribution >= 0.6 is 50.3 Å². The molecule has 140 valence electrons. The van der Waals surface area contributed by atoms with E-state index in [1.165, 1.54) is 11.8 Å². The Balaban J connectivity index is 1.67. The number of hydrogen-bond acceptors (Lipinski definition) is 4. The minimum absolute atomic E-state index is 0.0550. The van der Waals surface area contributed by atoms with Crippen molar-refractivity contribution in [2.75, 3.05) is 11.1 Å². The molecule has 5 nitrogen and oxygen atoms in total. The van der Waals surface area contributed by atoms with Gasteiger partial charge in [0.05, 0.1) is 5.75 Å². The van der Waals surface area contributed by atoms with Crippen molar-refractivity contribution in [2.45, 2.75) is 19.0 Å². The molecule has 0 radical (unpaired) electrons. The number of nitrogens with one attached hydrogen (secondary N) is 1. The van der Waals surface area contributed by atoms with Crippen molar-refractivity contribution in [3.05, 3.63) is 55.6 Å². The van der Waals surface area contributed by atoms with Crippen LogP contribution in [0.2, 0.25) is 0 Å². The number of rotatable bonds is 5. The van der Waals surface area contributed by atoms with E-state index in [4.69, 9.17) is 0 Å². The summed E-state index contributed by atoms with van der Waals surface area (Å²) < 4.78 is 4.08. The van der Waals surface area contributed by atoms with Crippen molar-refractivity contribution < 1.29 is 4.79 Å². The maximum absolute atomic E-state index is 12.4. The summed E-state index contributed by atoms with van der Waals surface area (Å²) in [4.78, 5) is 12.4. The fraction of sp³-hybridized carbons (Fsp3) is 0.211. The summed E-state index contributed by atoms with van der Waals surface area (Å²) >= 11 is 7.09. The Hall–Kier alpha value is -1.39. The second-order valence-corrected chi connectivity index (χ2v) is 9.23. The van der Waals surface area contributed by atoms with Crippen molar-refractivity contribution in [3.63, 3.8) is 0 Å². The number of carbonyl (C=O) groups is 1. The molecule has 3 rings (SSSR count). The number of thioether (sulfide) groups is 1. The Morgan fingerprint density at radius 2 is 1.81 bits per heavy atom. The lowest BCUT2D eigenvalue weighted by Crippen LogP contribution is -2.16. The maximum Gasteiger partial charge on any atom is 0.234 e. The largest absolute Gasteiger partial charge is 0.325 e. The predicted molar refractivity (Wildman–Crippen MR) is 122 cm³/mol. The van der Waals surface area contributed by atoms with E-state index in [0.717, 1.165) is 36.2 Å². The molecule has 3 aromatic rings. The Labute approximate surface area is 184 Å². The predicted octanol–water partition coefficient (Wildman–Crippen LogP) is 5.20. The number of aryl methyl sites for hydroxylation is 2. The Morgan fingerprint density at radius 1 is 1.19 bits per heavy atom. The monoisotopic (exact) mass is 556 g/mol. The van der Waals surface area contributed by atoms with Crippen LogP contribution in [0.3, 0.4) is 0 Å². The van der Waals surface area contributed by atoms with Crippen LogP contribution in [0.25, 0.3) is 11.4 Å². The molecule has 1 amide bonds. The average Bonchev–Trinajstić information content (AvgIpc) is 2.98. The zero-order valence-corrected chi connectivity index (χ0v) is 19.6. The Bertz CT molecular complexity index is 965. The van der Waals surface area contributed by atoms with E-state index in [0.29, 0.717) is 5.16 Å². The number of amides is 1. The van der Waals surface area contributed by atoms with Gasteiger partial charge in [0, 0.05) is 26.3 Å². The van der Waals surface area contributed by atoms with Gasteiger partial charge in [0.1, 0.15) is 0 Å². The fourth-order valence-electron chi connectivity index (χ4n) is 2.70. The minimum Gasteiger partial charge on any atom is -0.325 e. The van der Waals surface area contributed by atoms with Crippen LogP contribution in [0.15, 0.2) is 46.0 Å². The summed E-state index contributed by atoms with van der Waals surface area (Å²) in [5, 5.41) is 12.2. The first-order valence-corrected chi connectivity index (χ1v) is 11.1. The first-order chi connectivity index (χ1) is 12.8. The van der Waals surface area contributed by atoms with Gasteiger partial charge >= 0.3 is 0 Å². The molecular weight excluding hydrogens is 539 g/mol. The van der Waals surface area contributed by atoms with Crippen molar-refractivity contribution >= 4 is 61.9 Å². The normalized spacial score (nSPS) is 10.9. The standard InChI is InChI=1S/C19H18BrIN4OS/c1-11-8-15(21)9-12(2)17(11)22-16(26)10-27-19-24-23-18(25(19)3)13-4-6-14(20)7-5-13/h4-9H,10H2,1-3H3,(H,22,26). The molecule has 0 atom stereocenters. The number of hydrogen-bond donors (Lipinski definition) is 1. The molecule has 0 saturated heterocycles. The van der Waals surface area contributed by atoms with Crippen LogP contribution in [0.1, 0.15) is 11.1 Å². The smallest absolute Gasteiger partial charge is 0.234 e. The second-order valence-electron chi connectivity index (χ2n) is 6.12. The van der Waals surface area contributed by atoms with Crippen molar-refractivity contribution in [2.24, 2.45) is 7.05 Å². The highest BCUT2D eigenvalue weighted by atomic mass is 127. The zero-order chi connectivity index (χ0) is 19.6. The summed E-state index contributed by atoms with van der Waals surface area (Å²) in [7, 11) is 1.91. The molecule has 0 fully saturated rings. The van der Waals surface area contributed by atoms with Crippen molar-refractivity contribution in [3.8, 4) is 11.4 Å². The maximum atomic E-state index is 12.4. The quantitative estimate of drug-likeness (QED) is 0.347. The fourth-order valence-corrected chi connectivity index (χ4v) is 4.61. The summed E-state index contributed by atoms with van der Waals surface area (Å²) in [5.41, 5.74) is 3.99. The van der Waals surface area contributed by atoms with E-state index in [1.807, 2.05) is 49.7 Å². The van der Waals surface area contributed by atoms with Gasteiger partial charge in [0.2, 0.25) is 5.91 Å². The van der Waals surface area contributed by atoms with Gasteiger partial charge < -0.3 is 9.88 Å². The van der Waals surface area contributed by atoms with Gasteiger partial charge in [0.25, 0.3) is 0 Å². The summed E-state index contributed by atoms with van der Waals surface area (Å²) in [6.45, 7) is 4.01. The molecule has 1 heterocycles. The van der Waals surface area contributed by atoms with Crippen LogP contribution in [-0.2, 0) is 11.8 Å². The average molecular weight is 557 g/mol. The van der Waals surface area contributed by atoms with Crippen LogP contribution in [0.5, 0.6) is 0 Å². The second kappa shape index (κ2) is 8.74. The molecule has 0 aliphatic rings. The van der Waals surface area contributed by atoms with E-state index >= 15 is 0 Å². The van der Waals surface area contributed by atoms with E-state index in [1.54, 1.807) is 0 Å². The zero-order valence-electron chi connectivity index (χ0n) is 15.1. The SMILES string of the molecule is Cc1cc(I)cc(C)c1NC(=O)CSc1nnc(-c2ccc(Br)cc2)n1C. The molecule has 0 unspecified atom stereocenters. The first-order valence-electron chi connectivity index (χ1n) is 8.20. The topological polar surface area (TPSA) is 59.8 Å². The molecule has 0 aliphatic heterocycles. The number of carbonyl (C=O) groups excluding carboxylic acids is 1. The Kier molecular flexibility index (Phi) is 6.59. The van der Waals surface area contributed by atoms with Gasteiger partial charge in [-0.25, -0.2) is 0 Å². The van der Waals surface area contributed by atoms with E-state index < -0.39 is 0 Å². The van der Waals surface area contributed by atoms with Gasteiger partial charge in [-0.1, -0.05) is 39.8 Å². The molecule has 0 saturated carbocycles. The molecule has 27 heavy (non-hydrogen) atoms. The molecular formula is C19H18BrIN4OS. The van der Waals surface area contributed by atoms with Gasteiger partial charge in [0.15, 0.2) is 11.0 Å². The van der Waals surface area contributed by atoms with Crippen LogP contribution in [0.4, 0.5) is 5.69 Å². The third-order valence-corrected chi connectivity index (χ3v) is 6.20. The summed E-state index contributed by atoms with van der Waals surface area (Å²) in [6.07, 6.45) is 0. The molecule has 0 aliphatic carbocycles. The lowest BCUT2D eigenvalue weighted by Gasteiger charge is -2.12. The third kappa shape index (κ3) is 4.91. The highest BCUT2D eigenvalue weighted by molar-refractivity contribution is 14.1. The van der Waals surface area contributed by atoms with Crippen LogP contribution in [0, 0.1) is 17.4 Å². The summed E-state index contributed by atoms with van der Waals surface area (Å²) in [5.74, 6) is 0.993. The van der Waals surface area contributed by atoms with E-state index in [9.17, 15) is 4.79 Å². The van der Waals surface area contributed by atoms with Gasteiger partial charge in [-0.3, -0.25) is 4.79 Å². The molecule has 0 bridgehead atoms. The number of aromatic nitrogens is 3. The third-order valence-electron chi connectivity index (χ3n) is 4.03. The molecule has 8 heteroatoms. The van der Waals surface area contributed by atoms with E-state index in [-0.39, 0.29) is 11.7 Å². The Morgan fingerprint density at radius 3 is 2.44 bits per heavy atom. The highest BCUT2D eigenvalue weighted by Crippen LogP contribution is 2.26. The minimum atomic E-state index is -0.0550. The van der Waals surface area contributed by atoms with Crippen molar-refractivity contribution in [1.29, 1.82) is 0 Å². The molecule has 0 spiro atoms. The number of anilines is 1. The van der Waals surface area contributed by atoms with Gasteiger partial charge in [-0.2, -0.15) is 0 Å². The van der Waals surface area contributed by atoms with Crippen LogP contribution < -0.4 is 5.32 Å². The number of halogens is 2. The van der Waals surface area contributed by atoms with Crippen molar-refractivity contribution in [1.82, 2.24) is 14.8 Å².